The number of benzene rings is 13. The zero-order valence-corrected chi connectivity index (χ0v) is 53.4. The van der Waals surface area contributed by atoms with Crippen molar-refractivity contribution < 1.29 is 0 Å². The highest BCUT2D eigenvalue weighted by atomic mass is 32.1. The van der Waals surface area contributed by atoms with E-state index < -0.39 is 0 Å². The summed E-state index contributed by atoms with van der Waals surface area (Å²) in [4.78, 5) is 4.66. The van der Waals surface area contributed by atoms with E-state index in [9.17, 15) is 0 Å². The van der Waals surface area contributed by atoms with Gasteiger partial charge in [-0.1, -0.05) is 242 Å². The van der Waals surface area contributed by atoms with Crippen LogP contribution in [0.3, 0.4) is 0 Å². The van der Waals surface area contributed by atoms with Gasteiger partial charge in [0.05, 0.1) is 28.4 Å². The highest BCUT2D eigenvalue weighted by Crippen LogP contribution is 2.45. The quantitative estimate of drug-likeness (QED) is 0.115. The van der Waals surface area contributed by atoms with Crippen LogP contribution in [0.5, 0.6) is 0 Å². The van der Waals surface area contributed by atoms with Crippen LogP contribution in [-0.2, 0) is 10.8 Å². The lowest BCUT2D eigenvalue weighted by molar-refractivity contribution is 0.590. The summed E-state index contributed by atoms with van der Waals surface area (Å²) in [5, 5.41) is 2.40. The van der Waals surface area contributed by atoms with Crippen molar-refractivity contribution in [2.45, 2.75) is 52.4 Å². The van der Waals surface area contributed by atoms with E-state index >= 15 is 0 Å². The normalized spacial score (nSPS) is 11.8. The van der Waals surface area contributed by atoms with Crippen molar-refractivity contribution in [2.24, 2.45) is 0 Å². The molecule has 0 unspecified atom stereocenters. The van der Waals surface area contributed by atoms with E-state index in [-0.39, 0.29) is 10.8 Å². The first-order valence-electron chi connectivity index (χ1n) is 31.7. The second kappa shape index (κ2) is 23.8. The van der Waals surface area contributed by atoms with Gasteiger partial charge in [-0.2, -0.15) is 8.75 Å². The Bertz CT molecular complexity index is 4880. The van der Waals surface area contributed by atoms with Crippen LogP contribution < -0.4 is 9.80 Å². The fourth-order valence-corrected chi connectivity index (χ4v) is 13.5. The lowest BCUT2D eigenvalue weighted by Gasteiger charge is -2.28. The van der Waals surface area contributed by atoms with Crippen molar-refractivity contribution in [1.29, 1.82) is 0 Å². The van der Waals surface area contributed by atoms with Gasteiger partial charge >= 0.3 is 0 Å². The van der Waals surface area contributed by atoms with Crippen LogP contribution in [0, 0.1) is 0 Å². The van der Waals surface area contributed by atoms with E-state index in [1.165, 1.54) is 78.1 Å². The standard InChI is InChI=1S/C86H69N5S/c1-85(2,3)69-38-48-73(49-39-69)89(74-50-40-70(41-51-74)86(4,5)6)72-42-30-62(31-43-72)63-32-44-75(45-33-63)90(71-20-14-9-15-21-71)82-55-52-77(83-84(82)88-92-87-83)66-34-46-76(47-35-66)91-80-53-36-67(64-26-22-60(23-27-64)58-16-10-7-11-17-58)56-78(80)79-57-68(37-54-81(79)91)65-28-24-61(25-29-65)59-18-12-8-13-19-59/h7-57H,1-6H3. The molecule has 0 saturated heterocycles. The topological polar surface area (TPSA) is 37.2 Å². The van der Waals surface area contributed by atoms with E-state index in [0.29, 0.717) is 0 Å². The maximum atomic E-state index is 5.04. The average molecular weight is 1200 g/mol. The minimum atomic E-state index is 0.0617. The molecule has 0 amide bonds. The monoisotopic (exact) mass is 1200 g/mol. The second-order valence-corrected chi connectivity index (χ2v) is 26.5. The van der Waals surface area contributed by atoms with Gasteiger partial charge in [0.1, 0.15) is 11.0 Å². The van der Waals surface area contributed by atoms with Crippen molar-refractivity contribution in [3.05, 3.63) is 321 Å². The molecule has 444 valence electrons. The predicted octanol–water partition coefficient (Wildman–Crippen LogP) is 24.3. The summed E-state index contributed by atoms with van der Waals surface area (Å²) in [6.45, 7) is 13.6. The van der Waals surface area contributed by atoms with Crippen LogP contribution in [-0.4, -0.2) is 13.3 Å². The van der Waals surface area contributed by atoms with E-state index in [1.807, 2.05) is 0 Å². The predicted molar refractivity (Wildman–Crippen MR) is 391 cm³/mol. The van der Waals surface area contributed by atoms with Crippen LogP contribution in [0.25, 0.3) is 105 Å². The molecular formula is C86H69N5S. The summed E-state index contributed by atoms with van der Waals surface area (Å²) in [6, 6.07) is 113. The summed E-state index contributed by atoms with van der Waals surface area (Å²) >= 11 is 1.25. The van der Waals surface area contributed by atoms with Crippen molar-refractivity contribution >= 4 is 78.7 Å². The Labute approximate surface area is 543 Å². The Hall–Kier alpha value is -10.9. The number of rotatable bonds is 13. The van der Waals surface area contributed by atoms with E-state index in [0.717, 1.165) is 84.1 Å². The first-order chi connectivity index (χ1) is 44.9. The van der Waals surface area contributed by atoms with Crippen molar-refractivity contribution in [2.75, 3.05) is 9.80 Å². The average Bonchev–Trinajstić information content (AvgIpc) is 1.60. The molecule has 0 radical (unpaired) electrons. The summed E-state index contributed by atoms with van der Waals surface area (Å²) in [7, 11) is 0. The summed E-state index contributed by atoms with van der Waals surface area (Å²) in [5.41, 5.74) is 28.2. The molecule has 0 saturated carbocycles. The molecule has 0 fully saturated rings. The molecule has 13 aromatic carbocycles. The molecule has 15 aromatic rings. The van der Waals surface area contributed by atoms with Gasteiger partial charge in [0.25, 0.3) is 0 Å². The number of aromatic nitrogens is 3. The molecule has 0 spiro atoms. The minimum absolute atomic E-state index is 0.0617. The third-order valence-corrected chi connectivity index (χ3v) is 18.6. The summed E-state index contributed by atoms with van der Waals surface area (Å²) in [5.74, 6) is 0. The molecule has 5 nitrogen and oxygen atoms in total. The second-order valence-electron chi connectivity index (χ2n) is 26.0. The molecule has 2 aromatic heterocycles. The Morgan fingerprint density at radius 3 is 1.03 bits per heavy atom. The Kier molecular flexibility index (Phi) is 14.9. The first-order valence-corrected chi connectivity index (χ1v) is 32.4. The maximum Gasteiger partial charge on any atom is 0.129 e. The Morgan fingerprint density at radius 1 is 0.283 bits per heavy atom. The summed E-state index contributed by atoms with van der Waals surface area (Å²) in [6.07, 6.45) is 0. The molecule has 0 atom stereocenters. The van der Waals surface area contributed by atoms with E-state index in [4.69, 9.17) is 8.75 Å². The Balaban J connectivity index is 0.743. The maximum absolute atomic E-state index is 5.04. The molecule has 92 heavy (non-hydrogen) atoms. The van der Waals surface area contributed by atoms with Gasteiger partial charge in [-0.3, -0.25) is 0 Å². The van der Waals surface area contributed by atoms with E-state index in [2.05, 4.69) is 365 Å². The Morgan fingerprint density at radius 2 is 0.609 bits per heavy atom. The molecule has 0 aliphatic heterocycles. The fraction of sp³-hybridized carbons (Fsp3) is 0.0930. The number of hydrogen-bond acceptors (Lipinski definition) is 5. The molecule has 0 N–H and O–H groups in total. The number of nitrogens with zero attached hydrogens (tertiary/aromatic N) is 5. The fourth-order valence-electron chi connectivity index (χ4n) is 13.0. The SMILES string of the molecule is CC(C)(C)c1ccc(N(c2ccc(-c3ccc(N(c4ccccc4)c4ccc(-c5ccc(-n6c7ccc(-c8ccc(-c9ccccc9)cc8)cc7c7cc(-c8ccc(-c9ccccc9)cc8)ccc76)cc5)c5nsnc45)cc3)cc2)c2ccc(C(C)(C)C)cc2)cc1. The molecule has 15 rings (SSSR count). The first kappa shape index (κ1) is 57.5. The van der Waals surface area contributed by atoms with Gasteiger partial charge in [0.2, 0.25) is 0 Å². The molecule has 6 heteroatoms. The molecule has 0 aliphatic carbocycles. The van der Waals surface area contributed by atoms with Crippen molar-refractivity contribution in [3.63, 3.8) is 0 Å². The summed E-state index contributed by atoms with van der Waals surface area (Å²) < 4.78 is 12.5. The third kappa shape index (κ3) is 11.1. The lowest BCUT2D eigenvalue weighted by Crippen LogP contribution is -2.14. The van der Waals surface area contributed by atoms with Crippen LogP contribution in [0.2, 0.25) is 0 Å². The minimum Gasteiger partial charge on any atom is -0.311 e. The number of anilines is 6. The van der Waals surface area contributed by atoms with Gasteiger partial charge in [0.15, 0.2) is 0 Å². The van der Waals surface area contributed by atoms with Gasteiger partial charge in [0, 0.05) is 50.5 Å². The van der Waals surface area contributed by atoms with Gasteiger partial charge < -0.3 is 14.4 Å². The highest BCUT2D eigenvalue weighted by molar-refractivity contribution is 7.00. The smallest absolute Gasteiger partial charge is 0.129 e. The van der Waals surface area contributed by atoms with Crippen LogP contribution >= 0.6 is 11.7 Å². The third-order valence-electron chi connectivity index (χ3n) is 18.1. The largest absolute Gasteiger partial charge is 0.311 e. The van der Waals surface area contributed by atoms with Crippen molar-refractivity contribution in [3.8, 4) is 72.4 Å². The molecular weight excluding hydrogens is 1140 g/mol. The molecule has 2 heterocycles. The highest BCUT2D eigenvalue weighted by Gasteiger charge is 2.23. The van der Waals surface area contributed by atoms with E-state index in [1.54, 1.807) is 0 Å². The number of para-hydroxylation sites is 1. The zero-order valence-electron chi connectivity index (χ0n) is 52.6. The van der Waals surface area contributed by atoms with Crippen LogP contribution in [0.4, 0.5) is 34.1 Å². The van der Waals surface area contributed by atoms with Crippen molar-refractivity contribution in [1.82, 2.24) is 13.3 Å². The zero-order chi connectivity index (χ0) is 62.5. The van der Waals surface area contributed by atoms with Gasteiger partial charge in [-0.25, -0.2) is 0 Å². The molecule has 0 bridgehead atoms. The van der Waals surface area contributed by atoms with Crippen LogP contribution in [0.15, 0.2) is 309 Å². The van der Waals surface area contributed by atoms with Gasteiger partial charge in [-0.15, -0.1) is 0 Å². The molecule has 0 aliphatic rings. The van der Waals surface area contributed by atoms with Gasteiger partial charge in [-0.05, 0) is 192 Å². The lowest BCUT2D eigenvalue weighted by atomic mass is 9.86. The number of fused-ring (bicyclic) bond motifs is 4. The number of hydrogen-bond donors (Lipinski definition) is 0. The van der Waals surface area contributed by atoms with Crippen LogP contribution in [0.1, 0.15) is 52.7 Å².